The zero-order valence-corrected chi connectivity index (χ0v) is 29.0. The van der Waals surface area contributed by atoms with Crippen molar-refractivity contribution >= 4 is 49.2 Å². The van der Waals surface area contributed by atoms with Crippen molar-refractivity contribution in [1.82, 2.24) is 0 Å². The number of hydrogen-bond donors (Lipinski definition) is 0. The molecule has 2 unspecified atom stereocenters. The van der Waals surface area contributed by atoms with Gasteiger partial charge in [0, 0.05) is 0 Å². The average molecular weight is 637 g/mol. The summed E-state index contributed by atoms with van der Waals surface area (Å²) in [5, 5.41) is 6.05. The van der Waals surface area contributed by atoms with Crippen LogP contribution in [0.4, 0.5) is 0 Å². The van der Waals surface area contributed by atoms with E-state index in [1.165, 1.54) is 51.6 Å². The molecule has 0 heterocycles. The molecule has 0 bridgehead atoms. The van der Waals surface area contributed by atoms with Gasteiger partial charge in [-0.05, 0) is 96.5 Å². The fraction of sp³-hybridized carbons (Fsp3) is 0.227. The molecule has 2 atom stereocenters. The van der Waals surface area contributed by atoms with Crippen molar-refractivity contribution in [2.24, 2.45) is 11.3 Å². The summed E-state index contributed by atoms with van der Waals surface area (Å²) in [4.78, 5) is 0. The van der Waals surface area contributed by atoms with E-state index in [2.05, 4.69) is 178 Å². The number of benzene rings is 5. The minimum Gasteiger partial charge on any atom is -0.0985 e. The Labute approximate surface area is 279 Å². The Morgan fingerprint density at radius 3 is 1.30 bits per heavy atom. The van der Waals surface area contributed by atoms with Gasteiger partial charge >= 0.3 is 0 Å². The molecule has 5 aromatic rings. The number of allylic oxidation sites excluding steroid dienone is 1. The molecule has 1 saturated carbocycles. The molecule has 1 aliphatic carbocycles. The van der Waals surface area contributed by atoms with Crippen LogP contribution in [-0.4, -0.2) is 11.3 Å². The van der Waals surface area contributed by atoms with E-state index in [0.29, 0.717) is 17.2 Å². The molecule has 0 saturated heterocycles. The van der Waals surface area contributed by atoms with Crippen molar-refractivity contribution in [3.63, 3.8) is 0 Å². The van der Waals surface area contributed by atoms with Crippen LogP contribution in [0, 0.1) is 11.3 Å². The third-order valence-corrected chi connectivity index (χ3v) is 16.0. The maximum Gasteiger partial charge on any atom is -0.00522 e. The van der Waals surface area contributed by atoms with Gasteiger partial charge in [-0.25, -0.2) is 0 Å². The van der Waals surface area contributed by atoms with Gasteiger partial charge in [-0.3, -0.25) is 0 Å². The van der Waals surface area contributed by atoms with Crippen LogP contribution < -0.4 is 21.2 Å². The van der Waals surface area contributed by atoms with Crippen molar-refractivity contribution in [3.8, 4) is 0 Å². The molecular formula is C44H46P2. The third kappa shape index (κ3) is 7.69. The van der Waals surface area contributed by atoms with E-state index in [1.54, 1.807) is 0 Å². The lowest BCUT2D eigenvalue weighted by Crippen LogP contribution is -2.31. The van der Waals surface area contributed by atoms with E-state index in [4.69, 9.17) is 0 Å². The first-order valence-electron chi connectivity index (χ1n) is 16.7. The summed E-state index contributed by atoms with van der Waals surface area (Å²) < 4.78 is 0. The van der Waals surface area contributed by atoms with E-state index in [1.807, 2.05) is 6.08 Å². The molecule has 1 aliphatic rings. The van der Waals surface area contributed by atoms with E-state index < -0.39 is 15.8 Å². The van der Waals surface area contributed by atoms with Gasteiger partial charge in [-0.15, -0.1) is 0 Å². The Morgan fingerprint density at radius 2 is 0.935 bits per heavy atom. The molecule has 5 aromatic carbocycles. The van der Waals surface area contributed by atoms with Gasteiger partial charge < -0.3 is 0 Å². The molecule has 0 amide bonds. The average Bonchev–Trinajstić information content (AvgIpc) is 3.54. The summed E-state index contributed by atoms with van der Waals surface area (Å²) in [5.74, 6) is 0.664. The molecule has 0 radical (unpaired) electrons. The quantitative estimate of drug-likeness (QED) is 0.120. The van der Waals surface area contributed by atoms with Gasteiger partial charge in [0.25, 0.3) is 0 Å². The molecule has 0 N–H and O–H groups in total. The fourth-order valence-electron chi connectivity index (χ4n) is 7.23. The standard InChI is InChI=1S/C44H46P2/c1-4-35-28-30-36(31-29-35)19-17-18-32-44(2,3)37-33-42(45(38-20-9-5-10-21-38)39-22-11-6-12-23-39)43(34-37)46(40-24-13-7-14-25-40)41-26-15-8-16-27-41/h4-17,19-31,37,42-43H,1,18,32-34H2,2-3H3/b19-17+. The Bertz CT molecular complexity index is 1510. The molecule has 232 valence electrons. The van der Waals surface area contributed by atoms with Gasteiger partial charge in [-0.2, -0.15) is 0 Å². The maximum atomic E-state index is 3.89. The monoisotopic (exact) mass is 636 g/mol. The fourth-order valence-corrected chi connectivity index (χ4v) is 14.0. The van der Waals surface area contributed by atoms with Gasteiger partial charge in [-0.1, -0.05) is 184 Å². The van der Waals surface area contributed by atoms with Crippen LogP contribution in [0.5, 0.6) is 0 Å². The SMILES string of the molecule is C=Cc1ccc(/C=C/CCC(C)(C)C2CC(P(c3ccccc3)c3ccccc3)C(P(c3ccccc3)c3ccccc3)C2)cc1. The Morgan fingerprint density at radius 1 is 0.565 bits per heavy atom. The van der Waals surface area contributed by atoms with Gasteiger partial charge in [0.1, 0.15) is 0 Å². The number of rotatable bonds is 12. The normalized spacial score (nSPS) is 18.4. The van der Waals surface area contributed by atoms with E-state index in [0.717, 1.165) is 6.42 Å². The summed E-state index contributed by atoms with van der Waals surface area (Å²) in [6, 6.07) is 54.5. The minimum atomic E-state index is -0.534. The highest BCUT2D eigenvalue weighted by Gasteiger charge is 2.48. The van der Waals surface area contributed by atoms with Crippen LogP contribution >= 0.6 is 15.8 Å². The molecule has 0 aliphatic heterocycles. The van der Waals surface area contributed by atoms with Crippen molar-refractivity contribution in [1.29, 1.82) is 0 Å². The molecule has 1 fully saturated rings. The Hall–Kier alpha value is -3.56. The molecule has 0 nitrogen and oxygen atoms in total. The third-order valence-electron chi connectivity index (χ3n) is 9.84. The second-order valence-corrected chi connectivity index (χ2v) is 18.1. The van der Waals surface area contributed by atoms with Crippen molar-refractivity contribution in [2.45, 2.75) is 50.8 Å². The lowest BCUT2D eigenvalue weighted by atomic mass is 9.74. The molecular weight excluding hydrogens is 590 g/mol. The predicted octanol–water partition coefficient (Wildman–Crippen LogP) is 10.6. The Kier molecular flexibility index (Phi) is 10.8. The highest BCUT2D eigenvalue weighted by Crippen LogP contribution is 2.62. The first-order valence-corrected chi connectivity index (χ1v) is 19.5. The summed E-state index contributed by atoms with van der Waals surface area (Å²) >= 11 is 0. The lowest BCUT2D eigenvalue weighted by Gasteiger charge is -2.35. The molecule has 2 heteroatoms. The van der Waals surface area contributed by atoms with E-state index in [9.17, 15) is 0 Å². The predicted molar refractivity (Wildman–Crippen MR) is 207 cm³/mol. The second kappa shape index (κ2) is 15.4. The molecule has 46 heavy (non-hydrogen) atoms. The van der Waals surface area contributed by atoms with Crippen LogP contribution in [0.15, 0.2) is 158 Å². The maximum absolute atomic E-state index is 3.89. The van der Waals surface area contributed by atoms with Gasteiger partial charge in [0.05, 0.1) is 0 Å². The largest absolute Gasteiger partial charge is 0.0985 e. The summed E-state index contributed by atoms with van der Waals surface area (Å²) in [6.45, 7) is 8.98. The second-order valence-electron chi connectivity index (χ2n) is 13.2. The van der Waals surface area contributed by atoms with Crippen molar-refractivity contribution in [3.05, 3.63) is 169 Å². The van der Waals surface area contributed by atoms with Crippen LogP contribution in [0.25, 0.3) is 12.2 Å². The van der Waals surface area contributed by atoms with Gasteiger partial charge in [0.2, 0.25) is 0 Å². The van der Waals surface area contributed by atoms with Crippen LogP contribution in [0.3, 0.4) is 0 Å². The molecule has 0 spiro atoms. The van der Waals surface area contributed by atoms with Gasteiger partial charge in [0.15, 0.2) is 0 Å². The van der Waals surface area contributed by atoms with Crippen LogP contribution in [0.1, 0.15) is 50.7 Å². The first-order chi connectivity index (χ1) is 22.5. The topological polar surface area (TPSA) is 0 Å². The lowest BCUT2D eigenvalue weighted by molar-refractivity contribution is 0.201. The Balaban J connectivity index is 1.35. The van der Waals surface area contributed by atoms with E-state index in [-0.39, 0.29) is 5.41 Å². The van der Waals surface area contributed by atoms with Crippen LogP contribution in [0.2, 0.25) is 0 Å². The summed E-state index contributed by atoms with van der Waals surface area (Å²) in [7, 11) is -1.07. The minimum absolute atomic E-state index is 0.243. The van der Waals surface area contributed by atoms with Crippen molar-refractivity contribution in [2.75, 3.05) is 0 Å². The zero-order chi connectivity index (χ0) is 31.8. The van der Waals surface area contributed by atoms with Crippen molar-refractivity contribution < 1.29 is 0 Å². The van der Waals surface area contributed by atoms with Crippen LogP contribution in [-0.2, 0) is 0 Å². The van der Waals surface area contributed by atoms with E-state index >= 15 is 0 Å². The highest BCUT2D eigenvalue weighted by molar-refractivity contribution is 7.77. The summed E-state index contributed by atoms with van der Waals surface area (Å²) in [6.07, 6.45) is 11.4. The zero-order valence-electron chi connectivity index (χ0n) is 27.3. The first kappa shape index (κ1) is 32.4. The highest BCUT2D eigenvalue weighted by atomic mass is 31.1. The molecule has 0 aromatic heterocycles. The smallest absolute Gasteiger partial charge is 0.00522 e. The summed E-state index contributed by atoms with van der Waals surface area (Å²) in [5.41, 5.74) is 3.88. The molecule has 6 rings (SSSR count). The number of hydrogen-bond acceptors (Lipinski definition) is 0.